The first kappa shape index (κ1) is 18.1. The first-order valence-corrected chi connectivity index (χ1v) is 7.65. The third kappa shape index (κ3) is 5.45. The van der Waals surface area contributed by atoms with Crippen molar-refractivity contribution in [3.63, 3.8) is 0 Å². The number of hydrogen-bond donors (Lipinski definition) is 2. The minimum atomic E-state index is -4.47. The van der Waals surface area contributed by atoms with Crippen molar-refractivity contribution in [2.75, 3.05) is 18.4 Å². The molecule has 0 aromatic heterocycles. The van der Waals surface area contributed by atoms with Crippen LogP contribution in [0.2, 0.25) is 5.02 Å². The van der Waals surface area contributed by atoms with Gasteiger partial charge in [-0.3, -0.25) is 4.79 Å². The highest BCUT2D eigenvalue weighted by atomic mass is 35.5. The Bertz CT molecular complexity index is 704. The topological polar surface area (TPSA) is 41.1 Å². The second kappa shape index (κ2) is 8.06. The number of hydrogen-bond acceptors (Lipinski definition) is 2. The molecule has 2 N–H and O–H groups in total. The van der Waals surface area contributed by atoms with Crippen molar-refractivity contribution >= 4 is 23.2 Å². The van der Waals surface area contributed by atoms with Crippen molar-refractivity contribution < 1.29 is 18.0 Å². The number of carbonyl (C=O) groups excluding carboxylic acids is 1. The largest absolute Gasteiger partial charge is 0.418 e. The zero-order chi connectivity index (χ0) is 17.6. The fourth-order valence-electron chi connectivity index (χ4n) is 2.16. The molecule has 0 saturated heterocycles. The summed E-state index contributed by atoms with van der Waals surface area (Å²) in [5.41, 5.74) is 0.0601. The summed E-state index contributed by atoms with van der Waals surface area (Å²) in [6, 6.07) is 12.3. The van der Waals surface area contributed by atoms with Gasteiger partial charge in [0.25, 0.3) is 0 Å². The van der Waals surface area contributed by atoms with Crippen LogP contribution >= 0.6 is 11.6 Å². The van der Waals surface area contributed by atoms with Gasteiger partial charge in [-0.25, -0.2) is 0 Å². The molecular weight excluding hydrogens is 341 g/mol. The van der Waals surface area contributed by atoms with Crippen molar-refractivity contribution in [1.29, 1.82) is 0 Å². The highest BCUT2D eigenvalue weighted by Gasteiger charge is 2.33. The number of rotatable bonds is 6. The van der Waals surface area contributed by atoms with Crippen LogP contribution in [0.5, 0.6) is 0 Å². The normalized spacial score (nSPS) is 11.2. The highest BCUT2D eigenvalue weighted by Crippen LogP contribution is 2.34. The molecule has 0 fully saturated rings. The lowest BCUT2D eigenvalue weighted by molar-refractivity contribution is -0.137. The number of amides is 1. The minimum absolute atomic E-state index is 0.116. The zero-order valence-corrected chi connectivity index (χ0v) is 13.4. The Kier molecular flexibility index (Phi) is 6.09. The molecule has 0 atom stereocenters. The molecule has 2 aromatic carbocycles. The Hall–Kier alpha value is -2.21. The first-order chi connectivity index (χ1) is 11.4. The molecule has 0 aliphatic rings. The van der Waals surface area contributed by atoms with Crippen LogP contribution in [0.15, 0.2) is 48.5 Å². The standard InChI is InChI=1S/C17H16ClF3N2O/c18-13-5-3-4-12(10-13)8-9-22-16(24)11-23-15-7-2-1-6-14(15)17(19,20)21/h1-7,10,23H,8-9,11H2,(H,22,24). The molecule has 0 bridgehead atoms. The van der Waals surface area contributed by atoms with Crippen LogP contribution in [0.1, 0.15) is 11.1 Å². The molecule has 0 aliphatic carbocycles. The fourth-order valence-corrected chi connectivity index (χ4v) is 2.37. The van der Waals surface area contributed by atoms with Gasteiger partial charge in [0.15, 0.2) is 0 Å². The predicted octanol–water partition coefficient (Wildman–Crippen LogP) is 4.13. The number of alkyl halides is 3. The van der Waals surface area contributed by atoms with Crippen LogP contribution in [0.4, 0.5) is 18.9 Å². The van der Waals surface area contributed by atoms with E-state index in [2.05, 4.69) is 10.6 Å². The maximum absolute atomic E-state index is 12.8. The van der Waals surface area contributed by atoms with Gasteiger partial charge < -0.3 is 10.6 Å². The van der Waals surface area contributed by atoms with Crippen LogP contribution in [0, 0.1) is 0 Å². The molecule has 2 rings (SSSR count). The molecule has 0 saturated carbocycles. The average molecular weight is 357 g/mol. The fraction of sp³-hybridized carbons (Fsp3) is 0.235. The van der Waals surface area contributed by atoms with Gasteiger partial charge in [-0.15, -0.1) is 0 Å². The minimum Gasteiger partial charge on any atom is -0.376 e. The van der Waals surface area contributed by atoms with Crippen LogP contribution in [0.3, 0.4) is 0 Å². The molecule has 128 valence electrons. The van der Waals surface area contributed by atoms with Crippen LogP contribution < -0.4 is 10.6 Å². The van der Waals surface area contributed by atoms with Gasteiger partial charge >= 0.3 is 6.18 Å². The molecule has 0 spiro atoms. The van der Waals surface area contributed by atoms with Gasteiger partial charge in [-0.2, -0.15) is 13.2 Å². The van der Waals surface area contributed by atoms with E-state index in [1.165, 1.54) is 18.2 Å². The van der Waals surface area contributed by atoms with E-state index in [-0.39, 0.29) is 18.1 Å². The summed E-state index contributed by atoms with van der Waals surface area (Å²) in [5.74, 6) is -0.381. The second-order valence-electron chi connectivity index (χ2n) is 5.13. The summed E-state index contributed by atoms with van der Waals surface area (Å²) >= 11 is 5.87. The molecule has 3 nitrogen and oxygen atoms in total. The molecule has 24 heavy (non-hydrogen) atoms. The van der Waals surface area contributed by atoms with Crippen molar-refractivity contribution in [3.8, 4) is 0 Å². The van der Waals surface area contributed by atoms with E-state index in [1.54, 1.807) is 12.1 Å². The Labute approximate surface area is 142 Å². The summed E-state index contributed by atoms with van der Waals surface area (Å²) in [5, 5.41) is 5.79. The lowest BCUT2D eigenvalue weighted by Gasteiger charge is -2.14. The highest BCUT2D eigenvalue weighted by molar-refractivity contribution is 6.30. The SMILES string of the molecule is O=C(CNc1ccccc1C(F)(F)F)NCCc1cccc(Cl)c1. The van der Waals surface area contributed by atoms with Gasteiger partial charge in [-0.05, 0) is 36.2 Å². The number of nitrogens with one attached hydrogen (secondary N) is 2. The maximum Gasteiger partial charge on any atom is 0.418 e. The summed E-state index contributed by atoms with van der Waals surface area (Å²) in [6.45, 7) is 0.143. The van der Waals surface area contributed by atoms with E-state index in [0.29, 0.717) is 18.0 Å². The Morgan fingerprint density at radius 1 is 1.08 bits per heavy atom. The van der Waals surface area contributed by atoms with Gasteiger partial charge in [0.1, 0.15) is 0 Å². The molecule has 0 unspecified atom stereocenters. The summed E-state index contributed by atoms with van der Waals surface area (Å²) in [6.07, 6.45) is -3.88. The lowest BCUT2D eigenvalue weighted by atomic mass is 10.1. The number of carbonyl (C=O) groups is 1. The van der Waals surface area contributed by atoms with Crippen molar-refractivity contribution in [3.05, 3.63) is 64.7 Å². The molecule has 7 heteroatoms. The average Bonchev–Trinajstić information content (AvgIpc) is 2.52. The Morgan fingerprint density at radius 3 is 2.54 bits per heavy atom. The predicted molar refractivity (Wildman–Crippen MR) is 88.1 cm³/mol. The summed E-state index contributed by atoms with van der Waals surface area (Å²) in [4.78, 5) is 11.8. The summed E-state index contributed by atoms with van der Waals surface area (Å²) in [7, 11) is 0. The summed E-state index contributed by atoms with van der Waals surface area (Å²) < 4.78 is 38.5. The van der Waals surface area contributed by atoms with Crippen LogP contribution in [-0.4, -0.2) is 19.0 Å². The number of anilines is 1. The first-order valence-electron chi connectivity index (χ1n) is 7.27. The Balaban J connectivity index is 1.82. The molecule has 1 amide bonds. The van der Waals surface area contributed by atoms with E-state index >= 15 is 0 Å². The molecule has 0 heterocycles. The number of halogens is 4. The Morgan fingerprint density at radius 2 is 1.83 bits per heavy atom. The smallest absolute Gasteiger partial charge is 0.376 e. The van der Waals surface area contributed by atoms with Crippen LogP contribution in [0.25, 0.3) is 0 Å². The van der Waals surface area contributed by atoms with Crippen molar-refractivity contribution in [2.45, 2.75) is 12.6 Å². The third-order valence-electron chi connectivity index (χ3n) is 3.30. The van der Waals surface area contributed by atoms with Crippen molar-refractivity contribution in [1.82, 2.24) is 5.32 Å². The number of para-hydroxylation sites is 1. The lowest BCUT2D eigenvalue weighted by Crippen LogP contribution is -2.31. The molecule has 0 radical (unpaired) electrons. The molecular formula is C17H16ClF3N2O. The molecule has 0 aliphatic heterocycles. The van der Waals surface area contributed by atoms with Gasteiger partial charge in [0.05, 0.1) is 12.1 Å². The second-order valence-corrected chi connectivity index (χ2v) is 5.56. The monoisotopic (exact) mass is 356 g/mol. The quantitative estimate of drug-likeness (QED) is 0.817. The van der Waals surface area contributed by atoms with E-state index in [0.717, 1.165) is 11.6 Å². The number of benzene rings is 2. The maximum atomic E-state index is 12.8. The zero-order valence-electron chi connectivity index (χ0n) is 12.7. The van der Waals surface area contributed by atoms with E-state index < -0.39 is 11.7 Å². The van der Waals surface area contributed by atoms with Crippen molar-refractivity contribution in [2.24, 2.45) is 0 Å². The van der Waals surface area contributed by atoms with Gasteiger partial charge in [0, 0.05) is 17.3 Å². The van der Waals surface area contributed by atoms with E-state index in [1.807, 2.05) is 12.1 Å². The van der Waals surface area contributed by atoms with E-state index in [9.17, 15) is 18.0 Å². The van der Waals surface area contributed by atoms with Crippen LogP contribution in [-0.2, 0) is 17.4 Å². The van der Waals surface area contributed by atoms with Gasteiger partial charge in [-0.1, -0.05) is 35.9 Å². The molecule has 2 aromatic rings. The third-order valence-corrected chi connectivity index (χ3v) is 3.53. The van der Waals surface area contributed by atoms with Gasteiger partial charge in [0.2, 0.25) is 5.91 Å². The van der Waals surface area contributed by atoms with E-state index in [4.69, 9.17) is 11.6 Å².